The van der Waals surface area contributed by atoms with Gasteiger partial charge in [0.25, 0.3) is 0 Å². The van der Waals surface area contributed by atoms with E-state index in [1.165, 1.54) is 89.3 Å². The summed E-state index contributed by atoms with van der Waals surface area (Å²) in [6.07, 6.45) is 9.72. The summed E-state index contributed by atoms with van der Waals surface area (Å²) in [5.74, 6) is 4.07. The van der Waals surface area contributed by atoms with E-state index in [0.29, 0.717) is 13.2 Å². The summed E-state index contributed by atoms with van der Waals surface area (Å²) in [5, 5.41) is 18.0. The van der Waals surface area contributed by atoms with Crippen molar-refractivity contribution in [3.05, 3.63) is 0 Å². The lowest BCUT2D eigenvalue weighted by molar-refractivity contribution is 0.159. The maximum Gasteiger partial charge on any atom is 0.0433 e. The molecule has 2 rings (SSSR count). The molecular formula is C20H40N2O2S2. The normalized spacial score (nSPS) is 21.5. The summed E-state index contributed by atoms with van der Waals surface area (Å²) in [6.45, 7) is 8.16. The second kappa shape index (κ2) is 14.5. The minimum Gasteiger partial charge on any atom is -0.396 e. The lowest BCUT2D eigenvalue weighted by Crippen LogP contribution is -2.34. The van der Waals surface area contributed by atoms with Crippen LogP contribution in [0.2, 0.25) is 0 Å². The zero-order valence-corrected chi connectivity index (χ0v) is 18.1. The van der Waals surface area contributed by atoms with Crippen LogP contribution in [0.4, 0.5) is 0 Å². The first kappa shape index (κ1) is 22.8. The highest BCUT2D eigenvalue weighted by molar-refractivity contribution is 8.76. The average molecular weight is 405 g/mol. The fraction of sp³-hybridized carbons (Fsp3) is 1.00. The summed E-state index contributed by atoms with van der Waals surface area (Å²) >= 11 is 0. The highest BCUT2D eigenvalue weighted by Gasteiger charge is 2.19. The molecule has 2 saturated heterocycles. The van der Waals surface area contributed by atoms with Crippen LogP contribution in [0.3, 0.4) is 0 Å². The van der Waals surface area contributed by atoms with Gasteiger partial charge in [0.2, 0.25) is 0 Å². The highest BCUT2D eigenvalue weighted by atomic mass is 33.1. The van der Waals surface area contributed by atoms with Crippen molar-refractivity contribution in [2.75, 3.05) is 64.0 Å². The molecule has 2 fully saturated rings. The van der Waals surface area contributed by atoms with Crippen LogP contribution in [0.15, 0.2) is 0 Å². The molecule has 4 nitrogen and oxygen atoms in total. The largest absolute Gasteiger partial charge is 0.396 e. The third kappa shape index (κ3) is 9.65. The Hall–Kier alpha value is 0.540. The van der Waals surface area contributed by atoms with E-state index in [4.69, 9.17) is 10.2 Å². The molecule has 2 heterocycles. The lowest BCUT2D eigenvalue weighted by Gasteiger charge is -2.31. The molecule has 0 radical (unpaired) electrons. The van der Waals surface area contributed by atoms with Crippen molar-refractivity contribution >= 4 is 21.6 Å². The van der Waals surface area contributed by atoms with Crippen molar-refractivity contribution in [3.63, 3.8) is 0 Å². The molecule has 2 aliphatic rings. The smallest absolute Gasteiger partial charge is 0.0433 e. The molecule has 26 heavy (non-hydrogen) atoms. The standard InChI is InChI=1S/C20H40N2O2S2/c23-15-7-19-3-11-21(12-4-19)9-1-17-25-26-18-2-10-22-13-5-20(6-14-22)8-16-24/h19-20,23-24H,1-18H2. The fourth-order valence-corrected chi connectivity index (χ4v) is 6.32. The number of hydrogen-bond acceptors (Lipinski definition) is 6. The topological polar surface area (TPSA) is 46.9 Å². The Balaban J connectivity index is 1.35. The Bertz CT molecular complexity index is 302. The van der Waals surface area contributed by atoms with Gasteiger partial charge in [-0.15, -0.1) is 0 Å². The van der Waals surface area contributed by atoms with Crippen LogP contribution in [0.1, 0.15) is 51.4 Å². The van der Waals surface area contributed by atoms with Crippen LogP contribution in [0.5, 0.6) is 0 Å². The van der Waals surface area contributed by atoms with Crippen molar-refractivity contribution in [1.82, 2.24) is 9.80 Å². The molecular weight excluding hydrogens is 364 g/mol. The molecule has 0 atom stereocenters. The Kier molecular flexibility index (Phi) is 12.8. The fourth-order valence-electron chi connectivity index (χ4n) is 4.17. The molecule has 0 bridgehead atoms. The molecule has 0 aromatic carbocycles. The first-order valence-electron chi connectivity index (χ1n) is 10.7. The van der Waals surface area contributed by atoms with E-state index in [2.05, 4.69) is 31.4 Å². The highest BCUT2D eigenvalue weighted by Crippen LogP contribution is 2.25. The number of hydrogen-bond donors (Lipinski definition) is 2. The quantitative estimate of drug-likeness (QED) is 0.363. The van der Waals surface area contributed by atoms with Gasteiger partial charge in [0.1, 0.15) is 0 Å². The van der Waals surface area contributed by atoms with Gasteiger partial charge in [0, 0.05) is 24.7 Å². The average Bonchev–Trinajstić information content (AvgIpc) is 2.67. The Labute approximate surface area is 168 Å². The number of piperidine rings is 2. The molecule has 0 unspecified atom stereocenters. The molecule has 0 aromatic heterocycles. The predicted octanol–water partition coefficient (Wildman–Crippen LogP) is 3.34. The zero-order chi connectivity index (χ0) is 18.5. The molecule has 154 valence electrons. The molecule has 0 aromatic rings. The maximum atomic E-state index is 9.02. The molecule has 2 N–H and O–H groups in total. The van der Waals surface area contributed by atoms with E-state index in [1.54, 1.807) is 0 Å². The van der Waals surface area contributed by atoms with Crippen molar-refractivity contribution in [1.29, 1.82) is 0 Å². The third-order valence-corrected chi connectivity index (χ3v) is 8.55. The van der Waals surface area contributed by atoms with Crippen molar-refractivity contribution in [3.8, 4) is 0 Å². The predicted molar refractivity (Wildman–Crippen MR) is 116 cm³/mol. The zero-order valence-electron chi connectivity index (χ0n) is 16.5. The van der Waals surface area contributed by atoms with E-state index in [-0.39, 0.29) is 0 Å². The van der Waals surface area contributed by atoms with Crippen LogP contribution in [-0.2, 0) is 0 Å². The summed E-state index contributed by atoms with van der Waals surface area (Å²) in [4.78, 5) is 5.22. The van der Waals surface area contributed by atoms with Gasteiger partial charge in [-0.05, 0) is 102 Å². The molecule has 0 amide bonds. The van der Waals surface area contributed by atoms with E-state index in [0.717, 1.165) is 24.7 Å². The van der Waals surface area contributed by atoms with E-state index in [1.807, 2.05) is 0 Å². The van der Waals surface area contributed by atoms with E-state index < -0.39 is 0 Å². The number of likely N-dealkylation sites (tertiary alicyclic amines) is 2. The number of aliphatic hydroxyl groups excluding tert-OH is 2. The van der Waals surface area contributed by atoms with Crippen LogP contribution in [-0.4, -0.2) is 84.0 Å². The summed E-state index contributed by atoms with van der Waals surface area (Å²) in [7, 11) is 4.11. The van der Waals surface area contributed by atoms with Crippen LogP contribution < -0.4 is 0 Å². The second-order valence-electron chi connectivity index (χ2n) is 7.95. The van der Waals surface area contributed by atoms with Crippen LogP contribution >= 0.6 is 21.6 Å². The molecule has 0 spiro atoms. The van der Waals surface area contributed by atoms with Gasteiger partial charge in [-0.25, -0.2) is 0 Å². The van der Waals surface area contributed by atoms with Gasteiger partial charge in [-0.3, -0.25) is 0 Å². The maximum absolute atomic E-state index is 9.02. The number of rotatable bonds is 13. The van der Waals surface area contributed by atoms with Gasteiger partial charge < -0.3 is 20.0 Å². The van der Waals surface area contributed by atoms with Crippen molar-refractivity contribution < 1.29 is 10.2 Å². The summed E-state index contributed by atoms with van der Waals surface area (Å²) in [6, 6.07) is 0. The van der Waals surface area contributed by atoms with Gasteiger partial charge in [-0.2, -0.15) is 0 Å². The molecule has 0 aliphatic carbocycles. The summed E-state index contributed by atoms with van der Waals surface area (Å²) < 4.78 is 0. The Morgan fingerprint density at radius 3 is 1.38 bits per heavy atom. The van der Waals surface area contributed by atoms with Gasteiger partial charge in [0.15, 0.2) is 0 Å². The van der Waals surface area contributed by atoms with Gasteiger partial charge in [0.05, 0.1) is 0 Å². The van der Waals surface area contributed by atoms with Crippen LogP contribution in [0.25, 0.3) is 0 Å². The molecule has 2 aliphatic heterocycles. The first-order valence-corrected chi connectivity index (χ1v) is 13.2. The molecule has 0 saturated carbocycles. The van der Waals surface area contributed by atoms with E-state index >= 15 is 0 Å². The van der Waals surface area contributed by atoms with E-state index in [9.17, 15) is 0 Å². The number of aliphatic hydroxyl groups is 2. The Morgan fingerprint density at radius 2 is 1.04 bits per heavy atom. The SMILES string of the molecule is OCCC1CCN(CCCSSCCCN2CCC(CCO)CC2)CC1. The minimum absolute atomic E-state index is 0.362. The summed E-state index contributed by atoms with van der Waals surface area (Å²) in [5.41, 5.74) is 0. The third-order valence-electron chi connectivity index (χ3n) is 5.98. The number of nitrogens with zero attached hydrogens (tertiary/aromatic N) is 2. The Morgan fingerprint density at radius 1 is 0.654 bits per heavy atom. The molecule has 6 heteroatoms. The van der Waals surface area contributed by atoms with Crippen LogP contribution in [0, 0.1) is 11.8 Å². The first-order chi connectivity index (χ1) is 12.8. The minimum atomic E-state index is 0.362. The van der Waals surface area contributed by atoms with Gasteiger partial charge in [-0.1, -0.05) is 21.6 Å². The monoisotopic (exact) mass is 404 g/mol. The second-order valence-corrected chi connectivity index (χ2v) is 10.6. The van der Waals surface area contributed by atoms with Crippen molar-refractivity contribution in [2.45, 2.75) is 51.4 Å². The van der Waals surface area contributed by atoms with Crippen molar-refractivity contribution in [2.24, 2.45) is 11.8 Å². The lowest BCUT2D eigenvalue weighted by atomic mass is 9.94. The van der Waals surface area contributed by atoms with Gasteiger partial charge >= 0.3 is 0 Å².